The number of aromatic nitrogens is 2. The molecule has 6 rings (SSSR count). The lowest BCUT2D eigenvalue weighted by molar-refractivity contribution is -0.286. The highest BCUT2D eigenvalue weighted by Gasteiger charge is 2.44. The molecule has 2 aliphatic rings. The second-order valence-electron chi connectivity index (χ2n) is 10.4. The van der Waals surface area contributed by atoms with Gasteiger partial charge < -0.3 is 30.8 Å². The third-order valence-corrected chi connectivity index (χ3v) is 7.15. The number of aromatic carboxylic acids is 1. The summed E-state index contributed by atoms with van der Waals surface area (Å²) in [5.41, 5.74) is -0.322. The summed E-state index contributed by atoms with van der Waals surface area (Å²) in [5.74, 6) is -1.80. The highest BCUT2D eigenvalue weighted by atomic mass is 19.4. The van der Waals surface area contributed by atoms with Crippen molar-refractivity contribution in [2.45, 2.75) is 31.7 Å². The van der Waals surface area contributed by atoms with Crippen LogP contribution in [0.3, 0.4) is 0 Å². The average molecular weight is 648 g/mol. The number of hydrogen-bond donors (Lipinski definition) is 3. The fraction of sp³-hybridized carbons (Fsp3) is 0.233. The van der Waals surface area contributed by atoms with E-state index in [9.17, 15) is 36.6 Å². The lowest BCUT2D eigenvalue weighted by atomic mass is 10.0. The summed E-state index contributed by atoms with van der Waals surface area (Å²) in [6.45, 7) is 0.0610. The molecule has 1 unspecified atom stereocenters. The number of alkyl halides is 5. The molecular formula is C30H26F5N5O6. The molecule has 242 valence electrons. The Morgan fingerprint density at radius 3 is 2.46 bits per heavy atom. The van der Waals surface area contributed by atoms with Crippen LogP contribution in [-0.2, 0) is 19.3 Å². The molecule has 4 aromatic rings. The molecule has 2 aliphatic heterocycles. The summed E-state index contributed by atoms with van der Waals surface area (Å²) in [5, 5.41) is 15.8. The highest BCUT2D eigenvalue weighted by molar-refractivity contribution is 5.94. The Labute approximate surface area is 257 Å². The van der Waals surface area contributed by atoms with Crippen LogP contribution in [0.1, 0.15) is 49.3 Å². The van der Waals surface area contributed by atoms with Gasteiger partial charge in [0, 0.05) is 30.8 Å². The highest BCUT2D eigenvalue weighted by Crippen LogP contribution is 2.42. The molecule has 0 saturated carbocycles. The van der Waals surface area contributed by atoms with E-state index in [1.807, 2.05) is 0 Å². The lowest BCUT2D eigenvalue weighted by Crippen LogP contribution is -2.34. The van der Waals surface area contributed by atoms with Crippen molar-refractivity contribution in [1.82, 2.24) is 26.1 Å². The summed E-state index contributed by atoms with van der Waals surface area (Å²) in [7, 11) is 1.64. The number of carbonyl (C=O) groups excluding carboxylic acids is 1. The second-order valence-corrected chi connectivity index (χ2v) is 10.4. The molecule has 1 atom stereocenters. The van der Waals surface area contributed by atoms with E-state index in [4.69, 9.17) is 4.74 Å². The van der Waals surface area contributed by atoms with Crippen LogP contribution >= 0.6 is 0 Å². The minimum absolute atomic E-state index is 0. The number of carboxylic acids is 1. The quantitative estimate of drug-likeness (QED) is 0.219. The Kier molecular flexibility index (Phi) is 8.35. The summed E-state index contributed by atoms with van der Waals surface area (Å²) < 4.78 is 85.2. The number of carbonyl (C=O) groups is 2. The van der Waals surface area contributed by atoms with Crippen LogP contribution in [0.4, 0.5) is 22.0 Å². The molecule has 5 N–H and O–H groups in total. The first-order chi connectivity index (χ1) is 21.3. The number of hydrogen-bond acceptors (Lipinski definition) is 8. The smallest absolute Gasteiger partial charge is 0.483 e. The van der Waals surface area contributed by atoms with Gasteiger partial charge in [0.25, 0.3) is 5.91 Å². The Morgan fingerprint density at radius 1 is 1.04 bits per heavy atom. The first kappa shape index (κ1) is 32.2. The van der Waals surface area contributed by atoms with Gasteiger partial charge in [-0.15, -0.1) is 8.78 Å². The third-order valence-electron chi connectivity index (χ3n) is 7.15. The summed E-state index contributed by atoms with van der Waals surface area (Å²) in [4.78, 5) is 25.9. The molecule has 3 heterocycles. The van der Waals surface area contributed by atoms with Crippen LogP contribution in [0.25, 0.3) is 5.69 Å². The number of ether oxygens (including phenoxy) is 3. The Bertz CT molecular complexity index is 1790. The number of rotatable bonds is 7. The van der Waals surface area contributed by atoms with Crippen LogP contribution in [0, 0.1) is 0 Å². The standard InChI is InChI=1S/C30H23F5N4O6.H3N/c1-38-14-21-25(24(15-38)43-20-8-6-17(7-9-20)28(41)42)39(37-26(21)29(31,32)33)19-4-2-3-18(12-19)27(40)36-13-16-5-10-22-23(11-16)45-30(34,35)44-22;/h2-12,24H,13-15H2,1H3,(H,36,40)(H,41,42);1H3. The van der Waals surface area contributed by atoms with Crippen molar-refractivity contribution in [2.75, 3.05) is 13.6 Å². The van der Waals surface area contributed by atoms with Crippen molar-refractivity contribution in [1.29, 1.82) is 0 Å². The maximum Gasteiger partial charge on any atom is 0.586 e. The topological polar surface area (TPSA) is 150 Å². The van der Waals surface area contributed by atoms with Gasteiger partial charge in [0.15, 0.2) is 23.3 Å². The number of amides is 1. The van der Waals surface area contributed by atoms with Crippen molar-refractivity contribution in [3.8, 4) is 22.9 Å². The van der Waals surface area contributed by atoms with Gasteiger partial charge in [-0.3, -0.25) is 9.69 Å². The van der Waals surface area contributed by atoms with Crippen molar-refractivity contribution < 1.29 is 50.9 Å². The summed E-state index contributed by atoms with van der Waals surface area (Å²) in [6.07, 6.45) is -9.51. The van der Waals surface area contributed by atoms with E-state index >= 15 is 0 Å². The molecule has 3 aromatic carbocycles. The van der Waals surface area contributed by atoms with Crippen LogP contribution < -0.4 is 25.7 Å². The zero-order chi connectivity index (χ0) is 32.1. The average Bonchev–Trinajstić information content (AvgIpc) is 3.52. The molecule has 0 radical (unpaired) electrons. The molecule has 0 saturated heterocycles. The van der Waals surface area contributed by atoms with E-state index in [1.165, 1.54) is 66.7 Å². The van der Waals surface area contributed by atoms with Gasteiger partial charge in [-0.25, -0.2) is 9.48 Å². The predicted octanol–water partition coefficient (Wildman–Crippen LogP) is 5.57. The second kappa shape index (κ2) is 11.9. The summed E-state index contributed by atoms with van der Waals surface area (Å²) >= 11 is 0. The van der Waals surface area contributed by atoms with Crippen molar-refractivity contribution >= 4 is 11.9 Å². The fourth-order valence-electron chi connectivity index (χ4n) is 5.18. The Hall–Kier alpha value is -5.22. The maximum atomic E-state index is 14.2. The van der Waals surface area contributed by atoms with Crippen molar-refractivity contribution in [2.24, 2.45) is 0 Å². The van der Waals surface area contributed by atoms with Gasteiger partial charge in [-0.1, -0.05) is 12.1 Å². The molecule has 46 heavy (non-hydrogen) atoms. The van der Waals surface area contributed by atoms with E-state index in [2.05, 4.69) is 19.9 Å². The van der Waals surface area contributed by atoms with Crippen LogP contribution in [-0.4, -0.2) is 51.6 Å². The number of carboxylic acid groups (broad SMARTS) is 1. The predicted molar refractivity (Wildman–Crippen MR) is 151 cm³/mol. The molecular weight excluding hydrogens is 621 g/mol. The number of fused-ring (bicyclic) bond motifs is 2. The number of halogens is 5. The van der Waals surface area contributed by atoms with Crippen LogP contribution in [0.15, 0.2) is 66.7 Å². The normalized spacial score (nSPS) is 16.7. The maximum absolute atomic E-state index is 14.2. The first-order valence-corrected chi connectivity index (χ1v) is 13.4. The van der Waals surface area contributed by atoms with Gasteiger partial charge in [0.2, 0.25) is 0 Å². The molecule has 0 spiro atoms. The number of nitrogens with zero attached hydrogens (tertiary/aromatic N) is 3. The minimum atomic E-state index is -4.79. The van der Waals surface area contributed by atoms with Gasteiger partial charge in [0.1, 0.15) is 5.75 Å². The molecule has 0 fully saturated rings. The SMILES string of the molecule is CN1Cc2c(C(F)(F)F)nn(-c3cccc(C(=O)NCc4ccc5c(c4)OC(F)(F)O5)c3)c2C(Oc2ccc(C(=O)O)cc2)C1.N. The van der Waals surface area contributed by atoms with Crippen LogP contribution in [0.2, 0.25) is 0 Å². The van der Waals surface area contributed by atoms with E-state index < -0.39 is 36.1 Å². The van der Waals surface area contributed by atoms with Gasteiger partial charge in [-0.2, -0.15) is 18.3 Å². The van der Waals surface area contributed by atoms with E-state index in [-0.39, 0.29) is 71.1 Å². The first-order valence-electron chi connectivity index (χ1n) is 13.4. The van der Waals surface area contributed by atoms with Gasteiger partial charge in [0.05, 0.1) is 16.9 Å². The van der Waals surface area contributed by atoms with Crippen LogP contribution in [0.5, 0.6) is 17.2 Å². The molecule has 0 bridgehead atoms. The fourth-order valence-corrected chi connectivity index (χ4v) is 5.18. The Balaban J connectivity index is 0.00000417. The van der Waals surface area contributed by atoms with Crippen molar-refractivity contribution in [3.63, 3.8) is 0 Å². The number of likely N-dealkylation sites (N-methyl/N-ethyl adjacent to an activating group) is 1. The monoisotopic (exact) mass is 647 g/mol. The van der Waals surface area contributed by atoms with E-state index in [1.54, 1.807) is 11.9 Å². The van der Waals surface area contributed by atoms with Gasteiger partial charge >= 0.3 is 18.4 Å². The zero-order valence-corrected chi connectivity index (χ0v) is 24.0. The van der Waals surface area contributed by atoms with E-state index in [0.717, 1.165) is 4.68 Å². The molecule has 11 nitrogen and oxygen atoms in total. The Morgan fingerprint density at radius 2 is 1.76 bits per heavy atom. The lowest BCUT2D eigenvalue weighted by Gasteiger charge is -2.31. The molecule has 1 amide bonds. The molecule has 16 heteroatoms. The van der Waals surface area contributed by atoms with E-state index in [0.29, 0.717) is 5.56 Å². The summed E-state index contributed by atoms with van der Waals surface area (Å²) in [6, 6.07) is 15.4. The van der Waals surface area contributed by atoms with Crippen molar-refractivity contribution in [3.05, 3.63) is 100 Å². The zero-order valence-electron chi connectivity index (χ0n) is 24.0. The largest absolute Gasteiger partial charge is 0.586 e. The minimum Gasteiger partial charge on any atom is -0.483 e. The molecule has 0 aliphatic carbocycles. The number of nitrogens with one attached hydrogen (secondary N) is 1. The molecule has 1 aromatic heterocycles. The number of benzene rings is 3. The third kappa shape index (κ3) is 6.43. The van der Waals surface area contributed by atoms with Gasteiger partial charge in [-0.05, 0) is 67.2 Å².